The van der Waals surface area contributed by atoms with Crippen LogP contribution in [0.4, 0.5) is 10.1 Å². The summed E-state index contributed by atoms with van der Waals surface area (Å²) in [7, 11) is 1.43. The molecule has 0 atom stereocenters. The van der Waals surface area contributed by atoms with Crippen LogP contribution in [0.25, 0.3) is 6.08 Å². The summed E-state index contributed by atoms with van der Waals surface area (Å²) in [5, 5.41) is 1.48. The van der Waals surface area contributed by atoms with Crippen molar-refractivity contribution in [2.75, 3.05) is 12.1 Å². The molecule has 1 N–H and O–H groups in total. The maximum Gasteiger partial charge on any atom is 0.282 e. The Morgan fingerprint density at radius 3 is 2.50 bits per heavy atom. The predicted molar refractivity (Wildman–Crippen MR) is 119 cm³/mol. The van der Waals surface area contributed by atoms with Gasteiger partial charge in [0.15, 0.2) is 11.5 Å². The van der Waals surface area contributed by atoms with Crippen LogP contribution in [-0.2, 0) is 16.2 Å². The molecule has 0 spiro atoms. The van der Waals surface area contributed by atoms with E-state index in [-0.39, 0.29) is 23.7 Å². The molecule has 1 saturated heterocycles. The van der Waals surface area contributed by atoms with E-state index < -0.39 is 17.6 Å². The van der Waals surface area contributed by atoms with Crippen LogP contribution >= 0.6 is 11.6 Å². The maximum absolute atomic E-state index is 14.0. The Morgan fingerprint density at radius 2 is 1.78 bits per heavy atom. The molecule has 2 amide bonds. The lowest BCUT2D eigenvalue weighted by atomic mass is 10.1. The molecule has 0 unspecified atom stereocenters. The largest absolute Gasteiger partial charge is 0.493 e. The normalized spacial score (nSPS) is 14.6. The van der Waals surface area contributed by atoms with E-state index in [0.29, 0.717) is 21.8 Å². The lowest BCUT2D eigenvalue weighted by Gasteiger charge is -2.15. The number of ether oxygens (including phenoxy) is 2. The molecule has 3 aromatic carbocycles. The van der Waals surface area contributed by atoms with Gasteiger partial charge in [-0.25, -0.2) is 9.40 Å². The molecule has 0 saturated carbocycles. The van der Waals surface area contributed by atoms with Crippen LogP contribution in [0.1, 0.15) is 11.1 Å². The summed E-state index contributed by atoms with van der Waals surface area (Å²) >= 11 is 6.21. The van der Waals surface area contributed by atoms with E-state index in [1.165, 1.54) is 25.3 Å². The number of anilines is 1. The number of hydrogen-bond donors (Lipinski definition) is 1. The average Bonchev–Trinajstić information content (AvgIpc) is 3.08. The van der Waals surface area contributed by atoms with Crippen LogP contribution in [-0.4, -0.2) is 18.9 Å². The third kappa shape index (κ3) is 4.29. The van der Waals surface area contributed by atoms with Crippen LogP contribution in [0, 0.1) is 5.82 Å². The summed E-state index contributed by atoms with van der Waals surface area (Å²) in [4.78, 5) is 25.5. The quantitative estimate of drug-likeness (QED) is 0.441. The lowest BCUT2D eigenvalue weighted by Crippen LogP contribution is -2.35. The molecule has 4 rings (SSSR count). The average molecular weight is 453 g/mol. The van der Waals surface area contributed by atoms with Gasteiger partial charge in [0.2, 0.25) is 0 Å². The zero-order valence-electron chi connectivity index (χ0n) is 17.0. The number of benzene rings is 3. The highest BCUT2D eigenvalue weighted by Gasteiger charge is 2.34. The lowest BCUT2D eigenvalue weighted by molar-refractivity contribution is -0.117. The number of carbonyl (C=O) groups excluding carboxylic acids is 2. The third-order valence-electron chi connectivity index (χ3n) is 4.80. The maximum atomic E-state index is 14.0. The van der Waals surface area contributed by atoms with E-state index in [1.807, 2.05) is 0 Å². The molecular formula is C24H18ClFN2O4. The Bertz CT molecular complexity index is 1210. The smallest absolute Gasteiger partial charge is 0.282 e. The van der Waals surface area contributed by atoms with Crippen LogP contribution < -0.4 is 19.9 Å². The number of rotatable bonds is 6. The Hall–Kier alpha value is -3.84. The highest BCUT2D eigenvalue weighted by Crippen LogP contribution is 2.37. The van der Waals surface area contributed by atoms with E-state index in [0.717, 1.165) is 5.01 Å². The van der Waals surface area contributed by atoms with E-state index in [9.17, 15) is 14.0 Å². The SMILES string of the molecule is COc1cc(Cl)cc(/C=C2\C(=O)NN(c3ccccc3)C2=O)c1OCc1ccccc1F. The van der Waals surface area contributed by atoms with Crippen molar-refractivity contribution < 1.29 is 23.5 Å². The fourth-order valence-corrected chi connectivity index (χ4v) is 3.46. The highest BCUT2D eigenvalue weighted by molar-refractivity contribution is 6.32. The van der Waals surface area contributed by atoms with Crippen LogP contribution in [0.3, 0.4) is 0 Å². The topological polar surface area (TPSA) is 67.9 Å². The second kappa shape index (κ2) is 9.11. The van der Waals surface area contributed by atoms with E-state index in [4.69, 9.17) is 21.1 Å². The number of nitrogens with one attached hydrogen (secondary N) is 1. The molecule has 0 aliphatic carbocycles. The minimum Gasteiger partial charge on any atom is -0.493 e. The molecule has 1 fully saturated rings. The summed E-state index contributed by atoms with van der Waals surface area (Å²) in [6.45, 7) is -0.0862. The molecule has 0 radical (unpaired) electrons. The number of hydrogen-bond acceptors (Lipinski definition) is 4. The summed E-state index contributed by atoms with van der Waals surface area (Å²) in [5.74, 6) is -1.000. The van der Waals surface area contributed by atoms with Gasteiger partial charge in [-0.1, -0.05) is 48.0 Å². The first kappa shape index (κ1) is 21.4. The van der Waals surface area contributed by atoms with Gasteiger partial charge in [-0.15, -0.1) is 0 Å². The number of nitrogens with zero attached hydrogens (tertiary/aromatic N) is 1. The van der Waals surface area contributed by atoms with Gasteiger partial charge in [0, 0.05) is 22.2 Å². The Morgan fingerprint density at radius 1 is 1.06 bits per heavy atom. The van der Waals surface area contributed by atoms with Crippen molar-refractivity contribution in [2.45, 2.75) is 6.61 Å². The summed E-state index contributed by atoms with van der Waals surface area (Å²) in [5.41, 5.74) is 3.65. The first-order valence-electron chi connectivity index (χ1n) is 9.64. The number of methoxy groups -OCH3 is 1. The van der Waals surface area contributed by atoms with Crippen molar-refractivity contribution in [1.82, 2.24) is 5.43 Å². The van der Waals surface area contributed by atoms with E-state index >= 15 is 0 Å². The third-order valence-corrected chi connectivity index (χ3v) is 5.02. The number of amides is 2. The predicted octanol–water partition coefficient (Wildman–Crippen LogP) is 4.53. The number of carbonyl (C=O) groups is 2. The molecule has 162 valence electrons. The van der Waals surface area contributed by atoms with Crippen LogP contribution in [0.15, 0.2) is 72.3 Å². The first-order chi connectivity index (χ1) is 15.5. The first-order valence-corrected chi connectivity index (χ1v) is 10.0. The van der Waals surface area contributed by atoms with Gasteiger partial charge in [-0.2, -0.15) is 0 Å². The van der Waals surface area contributed by atoms with Gasteiger partial charge in [0.25, 0.3) is 11.8 Å². The van der Waals surface area contributed by atoms with Crippen LogP contribution in [0.5, 0.6) is 11.5 Å². The molecule has 0 aromatic heterocycles. The van der Waals surface area contributed by atoms with Crippen molar-refractivity contribution >= 4 is 35.2 Å². The minimum atomic E-state index is -0.571. The number of para-hydroxylation sites is 1. The van der Waals surface area contributed by atoms with Gasteiger partial charge in [-0.05, 0) is 30.3 Å². The summed E-state index contributed by atoms with van der Waals surface area (Å²) < 4.78 is 25.2. The van der Waals surface area contributed by atoms with Crippen molar-refractivity contribution in [2.24, 2.45) is 0 Å². The number of halogens is 2. The standard InChI is InChI=1S/C24H18ClFN2O4/c1-31-21-13-17(25)11-16(22(21)32-14-15-7-5-6-10-20(15)26)12-19-23(29)27-28(24(19)30)18-8-3-2-4-9-18/h2-13H,14H2,1H3,(H,27,29)/b19-12+. The second-order valence-corrected chi connectivity index (χ2v) is 7.32. The fraction of sp³-hybridized carbons (Fsp3) is 0.0833. The van der Waals surface area contributed by atoms with Crippen molar-refractivity contribution in [3.63, 3.8) is 0 Å². The zero-order valence-corrected chi connectivity index (χ0v) is 17.7. The molecule has 1 heterocycles. The molecule has 8 heteroatoms. The molecule has 32 heavy (non-hydrogen) atoms. The Kier molecular flexibility index (Phi) is 6.09. The molecular weight excluding hydrogens is 435 g/mol. The Balaban J connectivity index is 1.70. The Labute approximate surface area is 188 Å². The minimum absolute atomic E-state index is 0.0862. The number of hydrazine groups is 1. The van der Waals surface area contributed by atoms with Gasteiger partial charge in [-0.3, -0.25) is 15.0 Å². The zero-order chi connectivity index (χ0) is 22.7. The van der Waals surface area contributed by atoms with Gasteiger partial charge >= 0.3 is 0 Å². The fourth-order valence-electron chi connectivity index (χ4n) is 3.24. The monoisotopic (exact) mass is 452 g/mol. The molecule has 3 aromatic rings. The molecule has 1 aliphatic heterocycles. The summed E-state index contributed by atoms with van der Waals surface area (Å²) in [6, 6.07) is 18.0. The van der Waals surface area contributed by atoms with Gasteiger partial charge < -0.3 is 9.47 Å². The summed E-state index contributed by atoms with van der Waals surface area (Å²) in [6.07, 6.45) is 1.38. The molecule has 0 bridgehead atoms. The van der Waals surface area contributed by atoms with E-state index in [1.54, 1.807) is 54.6 Å². The van der Waals surface area contributed by atoms with Crippen LogP contribution in [0.2, 0.25) is 5.02 Å². The van der Waals surface area contributed by atoms with Gasteiger partial charge in [0.1, 0.15) is 18.0 Å². The van der Waals surface area contributed by atoms with Gasteiger partial charge in [0.05, 0.1) is 12.8 Å². The van der Waals surface area contributed by atoms with Crippen molar-refractivity contribution in [1.29, 1.82) is 0 Å². The molecule has 6 nitrogen and oxygen atoms in total. The van der Waals surface area contributed by atoms with Crippen molar-refractivity contribution in [3.8, 4) is 11.5 Å². The molecule has 1 aliphatic rings. The second-order valence-electron chi connectivity index (χ2n) is 6.88. The highest BCUT2D eigenvalue weighted by atomic mass is 35.5. The van der Waals surface area contributed by atoms with E-state index in [2.05, 4.69) is 5.43 Å². The van der Waals surface area contributed by atoms with Crippen molar-refractivity contribution in [3.05, 3.63) is 94.3 Å².